The van der Waals surface area contributed by atoms with Crippen molar-refractivity contribution < 1.29 is 14.3 Å². The van der Waals surface area contributed by atoms with Crippen LogP contribution < -0.4 is 14.9 Å². The summed E-state index contributed by atoms with van der Waals surface area (Å²) in [6.45, 7) is 2.02. The first-order chi connectivity index (χ1) is 11.6. The SMILES string of the molecule is COc1ccc(C=NNC(=O)CSc2ccccc2C)cc1OC. The average molecular weight is 344 g/mol. The van der Waals surface area contributed by atoms with Crippen molar-refractivity contribution in [2.75, 3.05) is 20.0 Å². The molecule has 0 spiro atoms. The van der Waals surface area contributed by atoms with Gasteiger partial charge in [0.15, 0.2) is 11.5 Å². The Morgan fingerprint density at radius 2 is 1.92 bits per heavy atom. The molecule has 0 unspecified atom stereocenters. The van der Waals surface area contributed by atoms with E-state index in [0.717, 1.165) is 16.0 Å². The topological polar surface area (TPSA) is 59.9 Å². The van der Waals surface area contributed by atoms with Gasteiger partial charge in [-0.05, 0) is 42.3 Å². The molecule has 2 aromatic carbocycles. The highest BCUT2D eigenvalue weighted by molar-refractivity contribution is 8.00. The normalized spacial score (nSPS) is 10.6. The molecule has 0 aliphatic heterocycles. The third-order valence-corrected chi connectivity index (χ3v) is 4.44. The van der Waals surface area contributed by atoms with Crippen LogP contribution >= 0.6 is 11.8 Å². The zero-order chi connectivity index (χ0) is 17.4. The number of ether oxygens (including phenoxy) is 2. The first-order valence-electron chi connectivity index (χ1n) is 7.36. The highest BCUT2D eigenvalue weighted by Crippen LogP contribution is 2.26. The molecule has 24 heavy (non-hydrogen) atoms. The quantitative estimate of drug-likeness (QED) is 0.476. The Morgan fingerprint density at radius 1 is 1.17 bits per heavy atom. The van der Waals surface area contributed by atoms with Crippen molar-refractivity contribution in [3.05, 3.63) is 53.6 Å². The standard InChI is InChI=1S/C18H20N2O3S/c1-13-6-4-5-7-17(13)24-12-18(21)20-19-11-14-8-9-15(22-2)16(10-14)23-3/h4-11H,12H2,1-3H3,(H,20,21). The Labute approximate surface area is 146 Å². The summed E-state index contributed by atoms with van der Waals surface area (Å²) in [5.74, 6) is 1.42. The van der Waals surface area contributed by atoms with E-state index in [0.29, 0.717) is 17.3 Å². The molecule has 2 rings (SSSR count). The van der Waals surface area contributed by atoms with Gasteiger partial charge < -0.3 is 9.47 Å². The van der Waals surface area contributed by atoms with E-state index in [1.807, 2.05) is 37.3 Å². The molecule has 0 heterocycles. The molecule has 0 aliphatic rings. The van der Waals surface area contributed by atoms with Crippen LogP contribution in [0, 0.1) is 6.92 Å². The Bertz CT molecular complexity index is 732. The maximum absolute atomic E-state index is 11.9. The minimum absolute atomic E-state index is 0.153. The molecule has 0 saturated heterocycles. The van der Waals surface area contributed by atoms with Crippen LogP contribution in [0.5, 0.6) is 11.5 Å². The van der Waals surface area contributed by atoms with Gasteiger partial charge in [-0.1, -0.05) is 18.2 Å². The van der Waals surface area contributed by atoms with Crippen molar-refractivity contribution >= 4 is 23.9 Å². The van der Waals surface area contributed by atoms with E-state index >= 15 is 0 Å². The van der Waals surface area contributed by atoms with E-state index in [9.17, 15) is 4.79 Å². The fourth-order valence-corrected chi connectivity index (χ4v) is 2.83. The molecule has 0 aromatic heterocycles. The van der Waals surface area contributed by atoms with Crippen LogP contribution in [0.15, 0.2) is 52.5 Å². The molecule has 0 aliphatic carbocycles. The predicted molar refractivity (Wildman–Crippen MR) is 97.2 cm³/mol. The number of aryl methyl sites for hydroxylation is 1. The van der Waals surface area contributed by atoms with E-state index in [1.54, 1.807) is 32.6 Å². The monoisotopic (exact) mass is 344 g/mol. The molecule has 126 valence electrons. The van der Waals surface area contributed by atoms with Gasteiger partial charge in [-0.25, -0.2) is 5.43 Å². The fraction of sp³-hybridized carbons (Fsp3) is 0.222. The zero-order valence-corrected chi connectivity index (χ0v) is 14.7. The number of nitrogens with zero attached hydrogens (tertiary/aromatic N) is 1. The minimum atomic E-state index is -0.153. The van der Waals surface area contributed by atoms with E-state index in [2.05, 4.69) is 10.5 Å². The summed E-state index contributed by atoms with van der Waals surface area (Å²) >= 11 is 1.49. The van der Waals surface area contributed by atoms with Gasteiger partial charge >= 0.3 is 0 Å². The van der Waals surface area contributed by atoms with E-state index in [1.165, 1.54) is 11.8 Å². The number of thioether (sulfide) groups is 1. The Morgan fingerprint density at radius 3 is 2.62 bits per heavy atom. The lowest BCUT2D eigenvalue weighted by atomic mass is 10.2. The highest BCUT2D eigenvalue weighted by Gasteiger charge is 2.05. The molecule has 0 saturated carbocycles. The number of nitrogens with one attached hydrogen (secondary N) is 1. The molecule has 1 N–H and O–H groups in total. The second-order valence-electron chi connectivity index (χ2n) is 4.96. The number of hydrogen-bond donors (Lipinski definition) is 1. The molecular formula is C18H20N2O3S. The summed E-state index contributed by atoms with van der Waals surface area (Å²) in [6.07, 6.45) is 1.57. The molecule has 6 heteroatoms. The second kappa shape index (κ2) is 8.98. The summed E-state index contributed by atoms with van der Waals surface area (Å²) in [5.41, 5.74) is 4.49. The first-order valence-corrected chi connectivity index (χ1v) is 8.35. The molecule has 0 bridgehead atoms. The molecule has 5 nitrogen and oxygen atoms in total. The lowest BCUT2D eigenvalue weighted by molar-refractivity contribution is -0.118. The summed E-state index contributed by atoms with van der Waals surface area (Å²) in [5, 5.41) is 3.97. The van der Waals surface area contributed by atoms with Gasteiger partial charge in [0, 0.05) is 4.90 Å². The van der Waals surface area contributed by atoms with E-state index in [-0.39, 0.29) is 5.91 Å². The summed E-state index contributed by atoms with van der Waals surface area (Å²) < 4.78 is 10.4. The van der Waals surface area contributed by atoms with Gasteiger partial charge in [-0.15, -0.1) is 11.8 Å². The third kappa shape index (κ3) is 5.03. The fourth-order valence-electron chi connectivity index (χ4n) is 2.01. The number of hydrazone groups is 1. The van der Waals surface area contributed by atoms with Crippen molar-refractivity contribution in [2.45, 2.75) is 11.8 Å². The van der Waals surface area contributed by atoms with Gasteiger partial charge in [-0.3, -0.25) is 4.79 Å². The number of carbonyl (C=O) groups excluding carboxylic acids is 1. The Balaban J connectivity index is 1.87. The second-order valence-corrected chi connectivity index (χ2v) is 5.98. The maximum atomic E-state index is 11.9. The van der Waals surface area contributed by atoms with Gasteiger partial charge in [0.25, 0.3) is 0 Å². The molecular weight excluding hydrogens is 324 g/mol. The minimum Gasteiger partial charge on any atom is -0.493 e. The summed E-state index contributed by atoms with van der Waals surface area (Å²) in [4.78, 5) is 12.9. The number of amides is 1. The number of hydrogen-bond acceptors (Lipinski definition) is 5. The number of methoxy groups -OCH3 is 2. The molecule has 0 atom stereocenters. The van der Waals surface area contributed by atoms with Crippen LogP contribution in [0.2, 0.25) is 0 Å². The van der Waals surface area contributed by atoms with E-state index in [4.69, 9.17) is 9.47 Å². The van der Waals surface area contributed by atoms with Crippen LogP contribution in [0.25, 0.3) is 0 Å². The third-order valence-electron chi connectivity index (χ3n) is 3.26. The number of rotatable bonds is 7. The lowest BCUT2D eigenvalue weighted by Gasteiger charge is -2.07. The van der Waals surface area contributed by atoms with Crippen LogP contribution in [-0.2, 0) is 4.79 Å². The first kappa shape index (κ1) is 17.9. The lowest BCUT2D eigenvalue weighted by Crippen LogP contribution is -2.19. The highest BCUT2D eigenvalue weighted by atomic mass is 32.2. The van der Waals surface area contributed by atoms with E-state index < -0.39 is 0 Å². The Kier molecular flexibility index (Phi) is 6.69. The molecule has 2 aromatic rings. The van der Waals surface area contributed by atoms with Crippen LogP contribution in [0.4, 0.5) is 0 Å². The van der Waals surface area contributed by atoms with Gasteiger partial charge in [-0.2, -0.15) is 5.10 Å². The van der Waals surface area contributed by atoms with Gasteiger partial charge in [0.1, 0.15) is 0 Å². The van der Waals surface area contributed by atoms with Crippen LogP contribution in [-0.4, -0.2) is 32.1 Å². The predicted octanol–water partition coefficient (Wildman–Crippen LogP) is 3.25. The van der Waals surface area contributed by atoms with Crippen molar-refractivity contribution in [3.8, 4) is 11.5 Å². The van der Waals surface area contributed by atoms with Crippen LogP contribution in [0.1, 0.15) is 11.1 Å². The average Bonchev–Trinajstić information content (AvgIpc) is 2.61. The molecule has 0 radical (unpaired) electrons. The van der Waals surface area contributed by atoms with Crippen molar-refractivity contribution in [1.82, 2.24) is 5.43 Å². The maximum Gasteiger partial charge on any atom is 0.250 e. The summed E-state index contributed by atoms with van der Waals surface area (Å²) in [6, 6.07) is 13.4. The van der Waals surface area contributed by atoms with Gasteiger partial charge in [0.05, 0.1) is 26.2 Å². The molecule has 0 fully saturated rings. The summed E-state index contributed by atoms with van der Waals surface area (Å²) in [7, 11) is 3.15. The number of carbonyl (C=O) groups is 1. The van der Waals surface area contributed by atoms with Crippen molar-refractivity contribution in [3.63, 3.8) is 0 Å². The smallest absolute Gasteiger partial charge is 0.250 e. The Hall–Kier alpha value is -2.47. The van der Waals surface area contributed by atoms with Crippen LogP contribution in [0.3, 0.4) is 0 Å². The molecule has 1 amide bonds. The van der Waals surface area contributed by atoms with Crippen molar-refractivity contribution in [2.24, 2.45) is 5.10 Å². The zero-order valence-electron chi connectivity index (χ0n) is 13.9. The number of benzene rings is 2. The van der Waals surface area contributed by atoms with Gasteiger partial charge in [0.2, 0.25) is 5.91 Å². The van der Waals surface area contributed by atoms with Crippen molar-refractivity contribution in [1.29, 1.82) is 0 Å². The largest absolute Gasteiger partial charge is 0.493 e.